The van der Waals surface area contributed by atoms with E-state index in [0.717, 1.165) is 20.2 Å². The standard InChI is InChI=1S/C19H24BF2N4O14P3/c1-9(27)25-15-12-5-6-26(16(12)24-8-23-15)17-18(4,39-11(3)29)14(37-10(2)28)13(38-17)7-36-43(20,35)40-42(33,34)19(21,22)41(30,31)32/h5-6,8,13-14,17H,7H2,1-4H3,(H,33,34)(H2,30,31,32)(H,23,24,25,27)/t13-,14?,17-,18-,43?/m1/s1. The van der Waals surface area contributed by atoms with Crippen LogP contribution in [0, 0.1) is 0 Å². The average molecular weight is 674 g/mol. The lowest BCUT2D eigenvalue weighted by Crippen LogP contribution is -2.50. The third kappa shape index (κ3) is 7.22. The van der Waals surface area contributed by atoms with Gasteiger partial charge in [-0.1, -0.05) is 0 Å². The molecule has 0 bridgehead atoms. The van der Waals surface area contributed by atoms with Crippen LogP contribution >= 0.6 is 22.7 Å². The summed E-state index contributed by atoms with van der Waals surface area (Å²) in [5, 5.41) is -2.92. The number of carbonyl (C=O) groups is 3. The van der Waals surface area contributed by atoms with E-state index in [9.17, 15) is 41.8 Å². The molecular formula is C19H24BF2N4O14P3. The molecule has 2 aromatic heterocycles. The first-order valence-corrected chi connectivity index (χ1v) is 16.4. The van der Waals surface area contributed by atoms with Crippen LogP contribution < -0.4 is 5.32 Å². The van der Waals surface area contributed by atoms with E-state index in [1.54, 1.807) is 0 Å². The van der Waals surface area contributed by atoms with Gasteiger partial charge < -0.3 is 43.3 Å². The van der Waals surface area contributed by atoms with E-state index in [-0.39, 0.29) is 11.5 Å². The molecule has 1 aliphatic rings. The minimum absolute atomic E-state index is 0.0987. The summed E-state index contributed by atoms with van der Waals surface area (Å²) in [4.78, 5) is 70.8. The molecule has 3 rings (SSSR count). The molecule has 24 heteroatoms. The largest absolute Gasteiger partial charge is 0.455 e. The van der Waals surface area contributed by atoms with E-state index in [1.165, 1.54) is 30.7 Å². The molecular weight excluding hydrogens is 650 g/mol. The number of nitrogens with zero attached hydrogens (tertiary/aromatic N) is 3. The van der Waals surface area contributed by atoms with Crippen molar-refractivity contribution >= 4 is 64.9 Å². The SMILES string of the molecule is [B]P(=O)(OC[C@H]1O[C@@H](n2ccc3c(NC(C)=O)ncnc32)[C@](C)(OC(C)=O)C1OC(C)=O)OP(=O)(O)C(F)(F)P(=O)(O)O. The smallest absolute Gasteiger partial charge is 0.444 e. The Balaban J connectivity index is 2.01. The fraction of sp³-hybridized carbons (Fsp3) is 0.526. The summed E-state index contributed by atoms with van der Waals surface area (Å²) < 4.78 is 89.7. The number of aromatic nitrogens is 3. The molecule has 6 atom stereocenters. The third-order valence-electron chi connectivity index (χ3n) is 5.74. The highest BCUT2D eigenvalue weighted by Crippen LogP contribution is 2.77. The molecule has 4 N–H and O–H groups in total. The van der Waals surface area contributed by atoms with Gasteiger partial charge in [-0.15, -0.1) is 0 Å². The van der Waals surface area contributed by atoms with Crippen molar-refractivity contribution in [3.8, 4) is 0 Å². The van der Waals surface area contributed by atoms with Crippen molar-refractivity contribution in [2.75, 3.05) is 11.9 Å². The number of fused-ring (bicyclic) bond motifs is 1. The summed E-state index contributed by atoms with van der Waals surface area (Å²) in [6.07, 6.45) is -2.20. The first-order valence-electron chi connectivity index (χ1n) is 11.6. The van der Waals surface area contributed by atoms with Gasteiger partial charge in [-0.2, -0.15) is 8.78 Å². The van der Waals surface area contributed by atoms with E-state index in [2.05, 4.69) is 19.6 Å². The van der Waals surface area contributed by atoms with Gasteiger partial charge in [0.2, 0.25) is 13.5 Å². The second-order valence-electron chi connectivity index (χ2n) is 9.19. The summed E-state index contributed by atoms with van der Waals surface area (Å²) in [6, 6.07) is 1.46. The number of halogens is 2. The van der Waals surface area contributed by atoms with Crippen LogP contribution in [0.4, 0.5) is 14.6 Å². The number of alkyl halides is 2. The molecule has 0 saturated carbocycles. The number of carbonyl (C=O) groups excluding carboxylic acids is 3. The lowest BCUT2D eigenvalue weighted by molar-refractivity contribution is -0.184. The van der Waals surface area contributed by atoms with Gasteiger partial charge in [-0.05, 0) is 13.0 Å². The maximum Gasteiger partial charge on any atom is 0.444 e. The Morgan fingerprint density at radius 2 is 1.79 bits per heavy atom. The Labute approximate surface area is 242 Å². The minimum Gasteiger partial charge on any atom is -0.455 e. The van der Waals surface area contributed by atoms with Gasteiger partial charge in [0, 0.05) is 27.0 Å². The summed E-state index contributed by atoms with van der Waals surface area (Å²) in [6.45, 7) is 3.39. The van der Waals surface area contributed by atoms with E-state index >= 15 is 0 Å². The summed E-state index contributed by atoms with van der Waals surface area (Å²) >= 11 is 0. The van der Waals surface area contributed by atoms with Crippen LogP contribution in [0.1, 0.15) is 33.9 Å². The third-order valence-corrected chi connectivity index (χ3v) is 11.0. The fourth-order valence-electron chi connectivity index (χ4n) is 4.14. The highest BCUT2D eigenvalue weighted by atomic mass is 31.3. The maximum absolute atomic E-state index is 13.8. The lowest BCUT2D eigenvalue weighted by atomic mass is 9.95. The average Bonchev–Trinajstić information content (AvgIpc) is 3.35. The molecule has 43 heavy (non-hydrogen) atoms. The molecule has 2 aromatic rings. The molecule has 1 fully saturated rings. The number of rotatable bonds is 11. The van der Waals surface area contributed by atoms with Crippen LogP contribution in [-0.4, -0.2) is 84.4 Å². The van der Waals surface area contributed by atoms with E-state index in [1.807, 2.05) is 0 Å². The van der Waals surface area contributed by atoms with Crippen molar-refractivity contribution in [2.24, 2.45) is 0 Å². The Bertz CT molecular complexity index is 1590. The number of anilines is 1. The molecule has 0 aromatic carbocycles. The number of ether oxygens (including phenoxy) is 3. The van der Waals surface area contributed by atoms with E-state index in [4.69, 9.17) is 36.1 Å². The molecule has 1 saturated heterocycles. The van der Waals surface area contributed by atoms with Crippen LogP contribution in [0.3, 0.4) is 0 Å². The second kappa shape index (κ2) is 12.1. The van der Waals surface area contributed by atoms with Gasteiger partial charge in [0.15, 0.2) is 17.9 Å². The summed E-state index contributed by atoms with van der Waals surface area (Å²) in [5.41, 5.74) is -1.82. The topological polar surface area (TPSA) is 252 Å². The molecule has 3 unspecified atom stereocenters. The van der Waals surface area contributed by atoms with Crippen LogP contribution in [0.2, 0.25) is 0 Å². The van der Waals surface area contributed by atoms with E-state index in [0.29, 0.717) is 5.39 Å². The van der Waals surface area contributed by atoms with Gasteiger partial charge in [-0.25, -0.2) is 14.3 Å². The van der Waals surface area contributed by atoms with Crippen molar-refractivity contribution in [1.29, 1.82) is 0 Å². The zero-order valence-corrected chi connectivity index (χ0v) is 25.2. The highest BCUT2D eigenvalue weighted by Gasteiger charge is 2.66. The molecule has 0 spiro atoms. The zero-order valence-electron chi connectivity index (χ0n) is 22.5. The van der Waals surface area contributed by atoms with Gasteiger partial charge >= 0.3 is 32.5 Å². The van der Waals surface area contributed by atoms with Gasteiger partial charge in [0.05, 0.1) is 12.0 Å². The Kier molecular flexibility index (Phi) is 9.79. The van der Waals surface area contributed by atoms with Gasteiger partial charge in [-0.3, -0.25) is 28.1 Å². The van der Waals surface area contributed by atoms with Crippen LogP contribution in [-0.2, 0) is 51.1 Å². The Morgan fingerprint density at radius 3 is 2.33 bits per heavy atom. The molecule has 236 valence electrons. The summed E-state index contributed by atoms with van der Waals surface area (Å²) in [5.74, 6) is -2.20. The molecule has 1 amide bonds. The van der Waals surface area contributed by atoms with Gasteiger partial charge in [0.25, 0.3) is 7.47 Å². The quantitative estimate of drug-likeness (QED) is 0.151. The first kappa shape index (κ1) is 34.9. The molecule has 3 heterocycles. The molecule has 18 nitrogen and oxygen atoms in total. The molecule has 1 aliphatic heterocycles. The first-order chi connectivity index (χ1) is 19.5. The number of amides is 1. The molecule has 0 aliphatic carbocycles. The Morgan fingerprint density at radius 1 is 1.16 bits per heavy atom. The highest BCUT2D eigenvalue weighted by molar-refractivity contribution is 7.86. The summed E-state index contributed by atoms with van der Waals surface area (Å²) in [7, 11) is -13.7. The minimum atomic E-state index is -6.73. The number of esters is 2. The van der Waals surface area contributed by atoms with Crippen LogP contribution in [0.25, 0.3) is 11.0 Å². The van der Waals surface area contributed by atoms with Gasteiger partial charge in [0.1, 0.15) is 23.9 Å². The predicted octanol–water partition coefficient (Wildman–Crippen LogP) is 1.76. The van der Waals surface area contributed by atoms with Crippen molar-refractivity contribution in [1.82, 2.24) is 14.5 Å². The number of hydrogen-bond donors (Lipinski definition) is 4. The van der Waals surface area contributed by atoms with Crippen molar-refractivity contribution < 1.29 is 74.6 Å². The fourth-order valence-corrected chi connectivity index (χ4v) is 7.95. The number of hydrogen-bond acceptors (Lipinski definition) is 13. The van der Waals surface area contributed by atoms with Crippen LogP contribution in [0.15, 0.2) is 18.6 Å². The lowest BCUT2D eigenvalue weighted by Gasteiger charge is -2.34. The number of nitrogens with one attached hydrogen (secondary N) is 1. The predicted molar refractivity (Wildman–Crippen MR) is 139 cm³/mol. The van der Waals surface area contributed by atoms with E-state index < -0.39 is 76.6 Å². The maximum atomic E-state index is 13.8. The van der Waals surface area contributed by atoms with Crippen molar-refractivity contribution in [2.45, 2.75) is 57.1 Å². The Hall–Kier alpha value is -2.60. The normalized spacial score (nSPS) is 25.5. The zero-order chi connectivity index (χ0) is 32.8. The monoisotopic (exact) mass is 674 g/mol. The molecule has 2 radical (unpaired) electrons. The van der Waals surface area contributed by atoms with Crippen molar-refractivity contribution in [3.05, 3.63) is 18.6 Å². The van der Waals surface area contributed by atoms with Crippen LogP contribution in [0.5, 0.6) is 0 Å². The second-order valence-corrected chi connectivity index (χ2v) is 14.8. The van der Waals surface area contributed by atoms with Crippen molar-refractivity contribution in [3.63, 3.8) is 0 Å².